The molecule has 0 aliphatic rings. The van der Waals surface area contributed by atoms with Crippen LogP contribution in [0.15, 0.2) is 18.2 Å². The Balaban J connectivity index is 2.39. The fourth-order valence-corrected chi connectivity index (χ4v) is 2.57. The van der Waals surface area contributed by atoms with Crippen molar-refractivity contribution in [2.45, 2.75) is 46.1 Å². The fraction of sp³-hybridized carbons (Fsp3) is 0.562. The summed E-state index contributed by atoms with van der Waals surface area (Å²) in [6, 6.07) is 5.40. The predicted octanol–water partition coefficient (Wildman–Crippen LogP) is 3.84. The third-order valence-corrected chi connectivity index (χ3v) is 3.98. The number of carbonyl (C=O) groups is 1. The minimum absolute atomic E-state index is 0.000240. The van der Waals surface area contributed by atoms with Crippen molar-refractivity contribution in [3.8, 4) is 0 Å². The van der Waals surface area contributed by atoms with E-state index in [2.05, 4.69) is 5.32 Å². The van der Waals surface area contributed by atoms with Crippen LogP contribution in [0.4, 0.5) is 0 Å². The van der Waals surface area contributed by atoms with Gasteiger partial charge in [-0.3, -0.25) is 4.79 Å². The molecule has 0 heterocycles. The third kappa shape index (κ3) is 7.16. The topological polar surface area (TPSA) is 49.3 Å². The molecule has 0 aliphatic carbocycles. The highest BCUT2D eigenvalue weighted by Crippen LogP contribution is 2.23. The zero-order valence-corrected chi connectivity index (χ0v) is 14.3. The molecule has 1 aromatic carbocycles. The van der Waals surface area contributed by atoms with Gasteiger partial charge in [0.2, 0.25) is 5.91 Å². The fourth-order valence-electron chi connectivity index (χ4n) is 2.25. The Labute approximate surface area is 136 Å². The summed E-state index contributed by atoms with van der Waals surface area (Å²) in [6.07, 6.45) is 1.32. The maximum Gasteiger partial charge on any atom is 0.220 e. The van der Waals surface area contributed by atoms with Crippen molar-refractivity contribution < 1.29 is 9.90 Å². The molecule has 0 saturated carbocycles. The molecule has 1 unspecified atom stereocenters. The van der Waals surface area contributed by atoms with E-state index < -0.39 is 0 Å². The van der Waals surface area contributed by atoms with Crippen LogP contribution in [0.5, 0.6) is 0 Å². The van der Waals surface area contributed by atoms with E-state index in [9.17, 15) is 9.90 Å². The first-order valence-corrected chi connectivity index (χ1v) is 7.84. The van der Waals surface area contributed by atoms with Crippen LogP contribution in [0, 0.1) is 5.41 Å². The van der Waals surface area contributed by atoms with Crippen molar-refractivity contribution in [2.24, 2.45) is 5.41 Å². The van der Waals surface area contributed by atoms with Crippen LogP contribution in [-0.4, -0.2) is 23.7 Å². The summed E-state index contributed by atoms with van der Waals surface area (Å²) in [6.45, 7) is 6.36. The average molecular weight is 332 g/mol. The van der Waals surface area contributed by atoms with Gasteiger partial charge in [-0.05, 0) is 42.9 Å². The van der Waals surface area contributed by atoms with E-state index in [1.807, 2.05) is 19.9 Å². The SMILES string of the molecule is CC(O)CC(C)(C)CNC(=O)CCc1ccc(Cl)c(Cl)c1. The Bertz CT molecular complexity index is 487. The van der Waals surface area contributed by atoms with E-state index in [4.69, 9.17) is 23.2 Å². The minimum Gasteiger partial charge on any atom is -0.393 e. The van der Waals surface area contributed by atoms with Crippen LogP contribution in [-0.2, 0) is 11.2 Å². The van der Waals surface area contributed by atoms with Crippen LogP contribution in [0.25, 0.3) is 0 Å². The smallest absolute Gasteiger partial charge is 0.220 e. The van der Waals surface area contributed by atoms with Crippen molar-refractivity contribution in [3.63, 3.8) is 0 Å². The van der Waals surface area contributed by atoms with E-state index >= 15 is 0 Å². The van der Waals surface area contributed by atoms with Crippen LogP contribution in [0.3, 0.4) is 0 Å². The molecule has 0 bridgehead atoms. The molecule has 1 aromatic rings. The van der Waals surface area contributed by atoms with E-state index in [1.165, 1.54) is 0 Å². The molecule has 1 rings (SSSR count). The van der Waals surface area contributed by atoms with E-state index in [1.54, 1.807) is 19.1 Å². The zero-order valence-electron chi connectivity index (χ0n) is 12.7. The number of hydrogen-bond acceptors (Lipinski definition) is 2. The molecule has 1 amide bonds. The predicted molar refractivity (Wildman–Crippen MR) is 87.9 cm³/mol. The standard InChI is InChI=1S/C16H23Cl2NO2/c1-11(20)9-16(2,3)10-19-15(21)7-5-12-4-6-13(17)14(18)8-12/h4,6,8,11,20H,5,7,9-10H2,1-3H3,(H,19,21). The Hall–Kier alpha value is -0.770. The van der Waals surface area contributed by atoms with Gasteiger partial charge in [-0.2, -0.15) is 0 Å². The quantitative estimate of drug-likeness (QED) is 0.797. The van der Waals surface area contributed by atoms with Gasteiger partial charge in [-0.1, -0.05) is 43.1 Å². The van der Waals surface area contributed by atoms with Gasteiger partial charge in [0, 0.05) is 13.0 Å². The van der Waals surface area contributed by atoms with Crippen molar-refractivity contribution >= 4 is 29.1 Å². The molecule has 5 heteroatoms. The molecule has 0 fully saturated rings. The van der Waals surface area contributed by atoms with Gasteiger partial charge in [-0.25, -0.2) is 0 Å². The number of halogens is 2. The second kappa shape index (κ2) is 8.02. The van der Waals surface area contributed by atoms with E-state index in [0.29, 0.717) is 35.9 Å². The summed E-state index contributed by atoms with van der Waals surface area (Å²) >= 11 is 11.8. The molecular formula is C16H23Cl2NO2. The highest BCUT2D eigenvalue weighted by atomic mass is 35.5. The van der Waals surface area contributed by atoms with Crippen molar-refractivity contribution in [3.05, 3.63) is 33.8 Å². The summed E-state index contributed by atoms with van der Waals surface area (Å²) in [4.78, 5) is 11.9. The second-order valence-corrected chi connectivity index (χ2v) is 7.06. The minimum atomic E-state index is -0.367. The van der Waals surface area contributed by atoms with Gasteiger partial charge in [0.1, 0.15) is 0 Å². The van der Waals surface area contributed by atoms with Gasteiger partial charge >= 0.3 is 0 Å². The number of hydrogen-bond donors (Lipinski definition) is 2. The third-order valence-electron chi connectivity index (χ3n) is 3.24. The van der Waals surface area contributed by atoms with Crippen molar-refractivity contribution in [1.82, 2.24) is 5.32 Å². The Morgan fingerprint density at radius 1 is 1.33 bits per heavy atom. The van der Waals surface area contributed by atoms with Crippen molar-refractivity contribution in [1.29, 1.82) is 0 Å². The Kier molecular flexibility index (Phi) is 6.98. The molecule has 0 aromatic heterocycles. The summed E-state index contributed by atoms with van der Waals surface area (Å²) in [7, 11) is 0. The summed E-state index contributed by atoms with van der Waals surface area (Å²) in [5, 5.41) is 13.4. The summed E-state index contributed by atoms with van der Waals surface area (Å²) in [5.74, 6) is -0.000240. The van der Waals surface area contributed by atoms with E-state index in [-0.39, 0.29) is 17.4 Å². The van der Waals surface area contributed by atoms with Crippen LogP contribution >= 0.6 is 23.2 Å². The zero-order chi connectivity index (χ0) is 16.0. The molecule has 0 saturated heterocycles. The first kappa shape index (κ1) is 18.3. The molecule has 0 aliphatic heterocycles. The molecular weight excluding hydrogens is 309 g/mol. The largest absolute Gasteiger partial charge is 0.393 e. The average Bonchev–Trinajstić information content (AvgIpc) is 2.36. The lowest BCUT2D eigenvalue weighted by Crippen LogP contribution is -2.35. The van der Waals surface area contributed by atoms with E-state index in [0.717, 1.165) is 5.56 Å². The van der Waals surface area contributed by atoms with Gasteiger partial charge in [-0.15, -0.1) is 0 Å². The lowest BCUT2D eigenvalue weighted by Gasteiger charge is -2.26. The van der Waals surface area contributed by atoms with Crippen LogP contribution in [0.1, 0.15) is 39.2 Å². The van der Waals surface area contributed by atoms with Gasteiger partial charge in [0.25, 0.3) is 0 Å². The van der Waals surface area contributed by atoms with Gasteiger partial charge in [0.15, 0.2) is 0 Å². The normalized spacial score (nSPS) is 13.0. The van der Waals surface area contributed by atoms with Gasteiger partial charge in [0.05, 0.1) is 16.1 Å². The Morgan fingerprint density at radius 3 is 2.57 bits per heavy atom. The Morgan fingerprint density at radius 2 is 2.00 bits per heavy atom. The maximum absolute atomic E-state index is 11.9. The molecule has 118 valence electrons. The van der Waals surface area contributed by atoms with Crippen molar-refractivity contribution in [2.75, 3.05) is 6.54 Å². The molecule has 0 spiro atoms. The monoisotopic (exact) mass is 331 g/mol. The first-order chi connectivity index (χ1) is 9.69. The molecule has 0 radical (unpaired) electrons. The number of amides is 1. The van der Waals surface area contributed by atoms with Crippen LogP contribution in [0.2, 0.25) is 10.0 Å². The van der Waals surface area contributed by atoms with Crippen LogP contribution < -0.4 is 5.32 Å². The number of aliphatic hydroxyl groups is 1. The number of benzene rings is 1. The number of nitrogens with one attached hydrogen (secondary N) is 1. The molecule has 21 heavy (non-hydrogen) atoms. The lowest BCUT2D eigenvalue weighted by molar-refractivity contribution is -0.121. The number of aliphatic hydroxyl groups excluding tert-OH is 1. The number of rotatable bonds is 7. The highest BCUT2D eigenvalue weighted by Gasteiger charge is 2.20. The second-order valence-electron chi connectivity index (χ2n) is 6.24. The summed E-state index contributed by atoms with van der Waals surface area (Å²) < 4.78 is 0. The number of carbonyl (C=O) groups excluding carboxylic acids is 1. The summed E-state index contributed by atoms with van der Waals surface area (Å²) in [5.41, 5.74) is 0.871. The number of aryl methyl sites for hydroxylation is 1. The first-order valence-electron chi connectivity index (χ1n) is 7.08. The molecule has 3 nitrogen and oxygen atoms in total. The molecule has 2 N–H and O–H groups in total. The maximum atomic E-state index is 11.9. The molecule has 1 atom stereocenters. The highest BCUT2D eigenvalue weighted by molar-refractivity contribution is 6.42. The lowest BCUT2D eigenvalue weighted by atomic mass is 9.87. The van der Waals surface area contributed by atoms with Gasteiger partial charge < -0.3 is 10.4 Å².